The zero-order chi connectivity index (χ0) is 12.6. The topological polar surface area (TPSA) is 15.3 Å². The first-order chi connectivity index (χ1) is 8.90. The Labute approximate surface area is 114 Å². The predicted octanol–water partition coefficient (Wildman–Crippen LogP) is 3.42. The Morgan fingerprint density at radius 1 is 0.944 bits per heavy atom. The van der Waals surface area contributed by atoms with Crippen LogP contribution in [-0.4, -0.2) is 37.1 Å². The van der Waals surface area contributed by atoms with Crippen LogP contribution in [0.3, 0.4) is 0 Å². The van der Waals surface area contributed by atoms with Crippen LogP contribution in [0.2, 0.25) is 0 Å². The van der Waals surface area contributed by atoms with E-state index in [1.165, 1.54) is 84.0 Å². The molecule has 2 fully saturated rings. The van der Waals surface area contributed by atoms with Gasteiger partial charge in [0.05, 0.1) is 0 Å². The van der Waals surface area contributed by atoms with Crippen molar-refractivity contribution in [2.75, 3.05) is 26.2 Å². The van der Waals surface area contributed by atoms with Crippen LogP contribution in [0.4, 0.5) is 0 Å². The van der Waals surface area contributed by atoms with Gasteiger partial charge in [-0.25, -0.2) is 0 Å². The van der Waals surface area contributed by atoms with Crippen LogP contribution >= 0.6 is 0 Å². The molecule has 2 atom stereocenters. The van der Waals surface area contributed by atoms with Gasteiger partial charge in [0.25, 0.3) is 0 Å². The molecule has 0 aromatic carbocycles. The zero-order valence-corrected chi connectivity index (χ0v) is 12.3. The second-order valence-corrected chi connectivity index (χ2v) is 6.32. The minimum absolute atomic E-state index is 0.800. The SMILES string of the molecule is CCCNC1CCCCCC1CN1CCCCC1. The van der Waals surface area contributed by atoms with Gasteiger partial charge >= 0.3 is 0 Å². The molecule has 2 nitrogen and oxygen atoms in total. The van der Waals surface area contributed by atoms with Crippen molar-refractivity contribution in [2.24, 2.45) is 5.92 Å². The zero-order valence-electron chi connectivity index (χ0n) is 12.3. The summed E-state index contributed by atoms with van der Waals surface area (Å²) in [5.41, 5.74) is 0. The molecule has 2 aliphatic rings. The lowest BCUT2D eigenvalue weighted by Crippen LogP contribution is -2.43. The normalized spacial score (nSPS) is 31.2. The number of likely N-dealkylation sites (tertiary alicyclic amines) is 1. The minimum atomic E-state index is 0.800. The first-order valence-corrected chi connectivity index (χ1v) is 8.36. The van der Waals surface area contributed by atoms with E-state index in [1.807, 2.05) is 0 Å². The van der Waals surface area contributed by atoms with E-state index < -0.39 is 0 Å². The molecule has 18 heavy (non-hydrogen) atoms. The van der Waals surface area contributed by atoms with E-state index >= 15 is 0 Å². The highest BCUT2D eigenvalue weighted by Crippen LogP contribution is 2.25. The van der Waals surface area contributed by atoms with E-state index in [1.54, 1.807) is 0 Å². The largest absolute Gasteiger partial charge is 0.314 e. The third-order valence-corrected chi connectivity index (χ3v) is 4.76. The van der Waals surface area contributed by atoms with E-state index in [2.05, 4.69) is 17.1 Å². The fourth-order valence-electron chi connectivity index (χ4n) is 3.68. The van der Waals surface area contributed by atoms with Crippen LogP contribution < -0.4 is 5.32 Å². The monoisotopic (exact) mass is 252 g/mol. The van der Waals surface area contributed by atoms with E-state index in [0.717, 1.165) is 12.0 Å². The predicted molar refractivity (Wildman–Crippen MR) is 78.9 cm³/mol. The molecule has 0 aromatic rings. The molecule has 0 bridgehead atoms. The van der Waals surface area contributed by atoms with Crippen molar-refractivity contribution in [2.45, 2.75) is 70.8 Å². The van der Waals surface area contributed by atoms with E-state index in [9.17, 15) is 0 Å². The van der Waals surface area contributed by atoms with Crippen LogP contribution in [-0.2, 0) is 0 Å². The van der Waals surface area contributed by atoms with Crippen LogP contribution in [0.25, 0.3) is 0 Å². The Kier molecular flexibility index (Phi) is 6.50. The molecule has 0 aromatic heterocycles. The minimum Gasteiger partial charge on any atom is -0.314 e. The molecule has 1 heterocycles. The van der Waals surface area contributed by atoms with Gasteiger partial charge in [-0.15, -0.1) is 0 Å². The number of nitrogens with one attached hydrogen (secondary N) is 1. The first-order valence-electron chi connectivity index (χ1n) is 8.36. The lowest BCUT2D eigenvalue weighted by Gasteiger charge is -2.34. The highest BCUT2D eigenvalue weighted by atomic mass is 15.1. The van der Waals surface area contributed by atoms with Crippen molar-refractivity contribution in [3.63, 3.8) is 0 Å². The maximum atomic E-state index is 3.82. The fraction of sp³-hybridized carbons (Fsp3) is 1.00. The number of rotatable bonds is 5. The van der Waals surface area contributed by atoms with Crippen LogP contribution in [0.15, 0.2) is 0 Å². The molecule has 1 N–H and O–H groups in total. The smallest absolute Gasteiger partial charge is 0.0107 e. The fourth-order valence-corrected chi connectivity index (χ4v) is 3.68. The molecule has 1 saturated carbocycles. The number of nitrogens with zero attached hydrogens (tertiary/aromatic N) is 1. The summed E-state index contributed by atoms with van der Waals surface area (Å²) in [7, 11) is 0. The van der Waals surface area contributed by atoms with Crippen molar-refractivity contribution in [3.8, 4) is 0 Å². The summed E-state index contributed by atoms with van der Waals surface area (Å²) in [4.78, 5) is 2.74. The summed E-state index contributed by atoms with van der Waals surface area (Å²) in [6.07, 6.45) is 12.8. The van der Waals surface area contributed by atoms with Crippen LogP contribution in [0.5, 0.6) is 0 Å². The lowest BCUT2D eigenvalue weighted by molar-refractivity contribution is 0.168. The summed E-state index contributed by atoms with van der Waals surface area (Å²) < 4.78 is 0. The number of piperidine rings is 1. The molecule has 0 spiro atoms. The Hall–Kier alpha value is -0.0800. The highest BCUT2D eigenvalue weighted by Gasteiger charge is 2.25. The molecule has 0 amide bonds. The molecular weight excluding hydrogens is 220 g/mol. The standard InChI is InChI=1S/C16H32N2/c1-2-11-17-16-10-6-3-5-9-15(16)14-18-12-7-4-8-13-18/h15-17H,2-14H2,1H3. The summed E-state index contributed by atoms with van der Waals surface area (Å²) in [5.74, 6) is 0.914. The van der Waals surface area contributed by atoms with Crippen molar-refractivity contribution in [1.29, 1.82) is 0 Å². The third-order valence-electron chi connectivity index (χ3n) is 4.76. The number of hydrogen-bond acceptors (Lipinski definition) is 2. The lowest BCUT2D eigenvalue weighted by atomic mass is 9.93. The molecule has 2 rings (SSSR count). The van der Waals surface area contributed by atoms with Gasteiger partial charge in [0.15, 0.2) is 0 Å². The molecule has 106 valence electrons. The second kappa shape index (κ2) is 8.16. The van der Waals surface area contributed by atoms with Gasteiger partial charge in [-0.05, 0) is 57.7 Å². The van der Waals surface area contributed by atoms with E-state index in [0.29, 0.717) is 0 Å². The van der Waals surface area contributed by atoms with E-state index in [4.69, 9.17) is 0 Å². The van der Waals surface area contributed by atoms with Gasteiger partial charge in [-0.1, -0.05) is 32.6 Å². The number of hydrogen-bond donors (Lipinski definition) is 1. The Morgan fingerprint density at radius 3 is 2.44 bits per heavy atom. The Bertz CT molecular complexity index is 211. The van der Waals surface area contributed by atoms with Gasteiger partial charge in [0, 0.05) is 12.6 Å². The molecule has 1 aliphatic carbocycles. The summed E-state index contributed by atoms with van der Waals surface area (Å²) in [6, 6.07) is 0.800. The molecule has 2 unspecified atom stereocenters. The van der Waals surface area contributed by atoms with Gasteiger partial charge < -0.3 is 10.2 Å². The first kappa shape index (κ1) is 14.3. The van der Waals surface area contributed by atoms with Gasteiger partial charge in [0.1, 0.15) is 0 Å². The maximum Gasteiger partial charge on any atom is 0.0107 e. The third kappa shape index (κ3) is 4.55. The summed E-state index contributed by atoms with van der Waals surface area (Å²) in [5, 5.41) is 3.82. The molecular formula is C16H32N2. The maximum absolute atomic E-state index is 3.82. The Balaban J connectivity index is 1.83. The van der Waals surface area contributed by atoms with Crippen molar-refractivity contribution < 1.29 is 0 Å². The molecule has 1 saturated heterocycles. The molecule has 1 aliphatic heterocycles. The van der Waals surface area contributed by atoms with Crippen molar-refractivity contribution >= 4 is 0 Å². The van der Waals surface area contributed by atoms with E-state index in [-0.39, 0.29) is 0 Å². The van der Waals surface area contributed by atoms with Crippen LogP contribution in [0, 0.1) is 5.92 Å². The van der Waals surface area contributed by atoms with Gasteiger partial charge in [0.2, 0.25) is 0 Å². The van der Waals surface area contributed by atoms with Gasteiger partial charge in [-0.2, -0.15) is 0 Å². The van der Waals surface area contributed by atoms with Crippen molar-refractivity contribution in [3.05, 3.63) is 0 Å². The van der Waals surface area contributed by atoms with Gasteiger partial charge in [-0.3, -0.25) is 0 Å². The molecule has 0 radical (unpaired) electrons. The average Bonchev–Trinajstić information content (AvgIpc) is 2.63. The highest BCUT2D eigenvalue weighted by molar-refractivity contribution is 4.82. The van der Waals surface area contributed by atoms with Crippen LogP contribution in [0.1, 0.15) is 64.7 Å². The van der Waals surface area contributed by atoms with Crippen molar-refractivity contribution in [1.82, 2.24) is 10.2 Å². The molecule has 2 heteroatoms. The summed E-state index contributed by atoms with van der Waals surface area (Å²) in [6.45, 7) is 7.57. The second-order valence-electron chi connectivity index (χ2n) is 6.32. The summed E-state index contributed by atoms with van der Waals surface area (Å²) >= 11 is 0. The quantitative estimate of drug-likeness (QED) is 0.754. The average molecular weight is 252 g/mol. The Morgan fingerprint density at radius 2 is 1.67 bits per heavy atom.